The zero-order valence-corrected chi connectivity index (χ0v) is 11.1. The molecule has 0 N–H and O–H groups in total. The summed E-state index contributed by atoms with van der Waals surface area (Å²) in [7, 11) is 0. The Bertz CT molecular complexity index is 482. The molecule has 0 bridgehead atoms. The molecule has 4 heteroatoms. The number of hydrogen-bond acceptors (Lipinski definition) is 3. The van der Waals surface area contributed by atoms with E-state index in [2.05, 4.69) is 46.8 Å². The monoisotopic (exact) mass is 280 g/mol. The lowest BCUT2D eigenvalue weighted by Crippen LogP contribution is -2.13. The molecule has 1 aromatic carbocycles. The molecule has 16 heavy (non-hydrogen) atoms. The Morgan fingerprint density at radius 3 is 2.25 bits per heavy atom. The van der Waals surface area contributed by atoms with Gasteiger partial charge in [-0.25, -0.2) is 0 Å². The molecule has 0 aliphatic rings. The highest BCUT2D eigenvalue weighted by molar-refractivity contribution is 9.10. The molecule has 0 unspecified atom stereocenters. The fourth-order valence-corrected chi connectivity index (χ4v) is 1.50. The van der Waals surface area contributed by atoms with Crippen LogP contribution < -0.4 is 0 Å². The largest absolute Gasteiger partial charge is 0.334 e. The van der Waals surface area contributed by atoms with Gasteiger partial charge in [-0.2, -0.15) is 4.98 Å². The molecule has 84 valence electrons. The maximum atomic E-state index is 5.24. The third kappa shape index (κ3) is 2.32. The number of benzene rings is 1. The lowest BCUT2D eigenvalue weighted by molar-refractivity contribution is 0.402. The first-order chi connectivity index (χ1) is 7.47. The lowest BCUT2D eigenvalue weighted by atomic mass is 9.96. The van der Waals surface area contributed by atoms with Crippen LogP contribution >= 0.6 is 15.9 Å². The molecule has 0 spiro atoms. The molecule has 1 aromatic heterocycles. The van der Waals surface area contributed by atoms with Gasteiger partial charge < -0.3 is 4.52 Å². The van der Waals surface area contributed by atoms with Gasteiger partial charge in [0.2, 0.25) is 0 Å². The molecule has 0 saturated carbocycles. The third-order valence-corrected chi connectivity index (χ3v) is 2.72. The van der Waals surface area contributed by atoms with E-state index in [0.29, 0.717) is 5.89 Å². The van der Waals surface area contributed by atoms with Gasteiger partial charge in [-0.3, -0.25) is 0 Å². The van der Waals surface area contributed by atoms with E-state index in [4.69, 9.17) is 4.52 Å². The van der Waals surface area contributed by atoms with E-state index < -0.39 is 0 Å². The molecule has 1 heterocycles. The molecule has 2 rings (SSSR count). The Morgan fingerprint density at radius 1 is 1.12 bits per heavy atom. The summed E-state index contributed by atoms with van der Waals surface area (Å²) in [4.78, 5) is 4.39. The summed E-state index contributed by atoms with van der Waals surface area (Å²) in [5.74, 6) is 1.29. The van der Waals surface area contributed by atoms with Gasteiger partial charge in [0.1, 0.15) is 0 Å². The number of aromatic nitrogens is 2. The first kappa shape index (κ1) is 11.3. The van der Waals surface area contributed by atoms with Crippen LogP contribution in [0.5, 0.6) is 0 Å². The Kier molecular flexibility index (Phi) is 2.84. The highest BCUT2D eigenvalue weighted by Crippen LogP contribution is 2.24. The molecule has 0 aliphatic heterocycles. The lowest BCUT2D eigenvalue weighted by Gasteiger charge is -2.10. The minimum Gasteiger partial charge on any atom is -0.334 e. The van der Waals surface area contributed by atoms with Crippen molar-refractivity contribution in [3.8, 4) is 11.5 Å². The first-order valence-electron chi connectivity index (χ1n) is 5.07. The Labute approximate surface area is 103 Å². The quantitative estimate of drug-likeness (QED) is 0.798. The summed E-state index contributed by atoms with van der Waals surface area (Å²) in [6.07, 6.45) is 0. The van der Waals surface area contributed by atoms with E-state index in [1.54, 1.807) is 0 Å². The zero-order valence-electron chi connectivity index (χ0n) is 9.49. The Hall–Kier alpha value is -1.16. The van der Waals surface area contributed by atoms with Crippen molar-refractivity contribution in [2.75, 3.05) is 0 Å². The van der Waals surface area contributed by atoms with E-state index >= 15 is 0 Å². The smallest absolute Gasteiger partial charge is 0.257 e. The molecule has 0 radical (unpaired) electrons. The van der Waals surface area contributed by atoms with Crippen LogP contribution in [0, 0.1) is 0 Å². The van der Waals surface area contributed by atoms with E-state index in [-0.39, 0.29) is 5.41 Å². The summed E-state index contributed by atoms with van der Waals surface area (Å²) < 4.78 is 6.27. The Balaban J connectivity index is 2.35. The average molecular weight is 281 g/mol. The molecular formula is C12H13BrN2O. The fraction of sp³-hybridized carbons (Fsp3) is 0.333. The fourth-order valence-electron chi connectivity index (χ4n) is 1.24. The van der Waals surface area contributed by atoms with Crippen LogP contribution in [0.2, 0.25) is 0 Å². The van der Waals surface area contributed by atoms with E-state index in [0.717, 1.165) is 15.9 Å². The highest BCUT2D eigenvalue weighted by atomic mass is 79.9. The van der Waals surface area contributed by atoms with Gasteiger partial charge in [-0.05, 0) is 24.3 Å². The predicted octanol–water partition coefficient (Wildman–Crippen LogP) is 3.80. The predicted molar refractivity (Wildman–Crippen MR) is 66.1 cm³/mol. The van der Waals surface area contributed by atoms with Crippen molar-refractivity contribution < 1.29 is 4.52 Å². The van der Waals surface area contributed by atoms with Crippen LogP contribution in [0.15, 0.2) is 33.3 Å². The van der Waals surface area contributed by atoms with Crippen molar-refractivity contribution in [3.63, 3.8) is 0 Å². The molecule has 0 saturated heterocycles. The van der Waals surface area contributed by atoms with E-state index in [1.807, 2.05) is 24.3 Å². The van der Waals surface area contributed by atoms with Gasteiger partial charge in [-0.15, -0.1) is 0 Å². The van der Waals surface area contributed by atoms with Crippen molar-refractivity contribution in [2.24, 2.45) is 0 Å². The van der Waals surface area contributed by atoms with Crippen molar-refractivity contribution in [1.82, 2.24) is 10.1 Å². The molecule has 3 nitrogen and oxygen atoms in total. The molecular weight excluding hydrogens is 268 g/mol. The maximum absolute atomic E-state index is 5.24. The van der Waals surface area contributed by atoms with Gasteiger partial charge in [0.05, 0.1) is 0 Å². The second kappa shape index (κ2) is 4.01. The first-order valence-corrected chi connectivity index (χ1v) is 5.86. The minimum atomic E-state index is -0.0862. The van der Waals surface area contributed by atoms with Crippen molar-refractivity contribution >= 4 is 15.9 Å². The van der Waals surface area contributed by atoms with Crippen molar-refractivity contribution in [1.29, 1.82) is 0 Å². The van der Waals surface area contributed by atoms with Gasteiger partial charge in [-0.1, -0.05) is 41.9 Å². The summed E-state index contributed by atoms with van der Waals surface area (Å²) in [6.45, 7) is 6.18. The molecule has 0 amide bonds. The summed E-state index contributed by atoms with van der Waals surface area (Å²) in [5, 5.41) is 3.99. The number of nitrogens with zero attached hydrogens (tertiary/aromatic N) is 2. The third-order valence-electron chi connectivity index (χ3n) is 2.19. The average Bonchev–Trinajstić information content (AvgIpc) is 2.67. The summed E-state index contributed by atoms with van der Waals surface area (Å²) in [5.41, 5.74) is 0.850. The van der Waals surface area contributed by atoms with Crippen LogP contribution in [0.25, 0.3) is 11.5 Å². The number of rotatable bonds is 1. The summed E-state index contributed by atoms with van der Waals surface area (Å²) >= 11 is 3.39. The van der Waals surface area contributed by atoms with Crippen molar-refractivity contribution in [3.05, 3.63) is 34.6 Å². The van der Waals surface area contributed by atoms with Gasteiger partial charge >= 0.3 is 0 Å². The van der Waals surface area contributed by atoms with Crippen LogP contribution in [0.4, 0.5) is 0 Å². The van der Waals surface area contributed by atoms with Gasteiger partial charge in [0.25, 0.3) is 5.89 Å². The van der Waals surface area contributed by atoms with Crippen molar-refractivity contribution in [2.45, 2.75) is 26.2 Å². The normalized spacial score (nSPS) is 11.8. The molecule has 0 atom stereocenters. The second-order valence-corrected chi connectivity index (χ2v) is 5.60. The Morgan fingerprint density at radius 2 is 1.75 bits per heavy atom. The highest BCUT2D eigenvalue weighted by Gasteiger charge is 2.21. The summed E-state index contributed by atoms with van der Waals surface area (Å²) in [6, 6.07) is 7.81. The van der Waals surface area contributed by atoms with Crippen LogP contribution in [0.1, 0.15) is 26.6 Å². The second-order valence-electron chi connectivity index (χ2n) is 4.68. The van der Waals surface area contributed by atoms with Crippen LogP contribution in [-0.2, 0) is 5.41 Å². The number of halogens is 1. The standard InChI is InChI=1S/C12H13BrN2O/c1-12(2,3)11-14-10(16-15-11)8-4-6-9(13)7-5-8/h4-7H,1-3H3. The van der Waals surface area contributed by atoms with Crippen LogP contribution in [0.3, 0.4) is 0 Å². The zero-order chi connectivity index (χ0) is 11.8. The van der Waals surface area contributed by atoms with Crippen LogP contribution in [-0.4, -0.2) is 10.1 Å². The topological polar surface area (TPSA) is 38.9 Å². The van der Waals surface area contributed by atoms with Gasteiger partial charge in [0, 0.05) is 15.5 Å². The number of hydrogen-bond donors (Lipinski definition) is 0. The molecule has 0 aliphatic carbocycles. The van der Waals surface area contributed by atoms with E-state index in [9.17, 15) is 0 Å². The van der Waals surface area contributed by atoms with Gasteiger partial charge in [0.15, 0.2) is 5.82 Å². The minimum absolute atomic E-state index is 0.0862. The van der Waals surface area contributed by atoms with E-state index in [1.165, 1.54) is 0 Å². The SMILES string of the molecule is CC(C)(C)c1noc(-c2ccc(Br)cc2)n1. The molecule has 0 fully saturated rings. The molecule has 2 aromatic rings. The maximum Gasteiger partial charge on any atom is 0.257 e.